The Morgan fingerprint density at radius 2 is 1.62 bits per heavy atom. The summed E-state index contributed by atoms with van der Waals surface area (Å²) in [6.45, 7) is 0.0564. The lowest BCUT2D eigenvalue weighted by Crippen LogP contribution is -2.59. The Kier molecular flexibility index (Phi) is 5.38. The lowest BCUT2D eigenvalue weighted by atomic mass is 9.64. The summed E-state index contributed by atoms with van der Waals surface area (Å²) in [5.41, 5.74) is 0.320. The molecule has 1 saturated heterocycles. The van der Waals surface area contributed by atoms with Gasteiger partial charge in [-0.05, 0) is 35.4 Å². The number of benzene rings is 2. The number of aromatic hydroxyl groups is 1. The zero-order valence-corrected chi connectivity index (χ0v) is 22.2. The molecule has 3 aliphatic rings. The molecule has 0 bridgehead atoms. The number of imide groups is 1. The minimum Gasteiger partial charge on any atom is -0.508 e. The fraction of sp³-hybridized carbons (Fsp3) is 0.280. The Hall–Kier alpha value is -3.08. The van der Waals surface area contributed by atoms with Crippen molar-refractivity contribution in [1.82, 2.24) is 18.8 Å². The number of carbonyl (C=O) groups excluding carboxylic acids is 2. The fourth-order valence-electron chi connectivity index (χ4n) is 5.85. The predicted octanol–water partition coefficient (Wildman–Crippen LogP) is 2.85. The van der Waals surface area contributed by atoms with E-state index in [0.29, 0.717) is 16.8 Å². The summed E-state index contributed by atoms with van der Waals surface area (Å²) in [5, 5.41) is 9.88. The fourth-order valence-corrected chi connectivity index (χ4v) is 7.26. The Morgan fingerprint density at radius 1 is 0.946 bits per heavy atom. The van der Waals surface area contributed by atoms with Crippen LogP contribution in [0.25, 0.3) is 5.69 Å². The molecule has 190 valence electrons. The molecule has 1 N–H and O–H groups in total. The third-order valence-electron chi connectivity index (χ3n) is 7.52. The third kappa shape index (κ3) is 3.03. The number of hydrogen-bond donors (Lipinski definition) is 1. The van der Waals surface area contributed by atoms with E-state index in [9.17, 15) is 24.3 Å². The highest BCUT2D eigenvalue weighted by Crippen LogP contribution is 2.63. The van der Waals surface area contributed by atoms with E-state index in [1.165, 1.54) is 21.5 Å². The molecule has 1 aliphatic carbocycles. The summed E-state index contributed by atoms with van der Waals surface area (Å²) in [4.78, 5) is 51.4. The van der Waals surface area contributed by atoms with Crippen molar-refractivity contribution < 1.29 is 14.7 Å². The number of fused-ring (bicyclic) bond motifs is 4. The normalized spacial score (nSPS) is 28.5. The van der Waals surface area contributed by atoms with Gasteiger partial charge < -0.3 is 5.11 Å². The number of amides is 2. The minimum atomic E-state index is -1.91. The van der Waals surface area contributed by atoms with Crippen LogP contribution in [0.15, 0.2) is 75.8 Å². The zero-order valence-electron chi connectivity index (χ0n) is 19.1. The molecule has 0 spiro atoms. The Bertz CT molecular complexity index is 1610. The molecule has 2 aromatic carbocycles. The summed E-state index contributed by atoms with van der Waals surface area (Å²) < 4.78 is 3.69. The van der Waals surface area contributed by atoms with E-state index in [2.05, 4.69) is 15.9 Å². The van der Waals surface area contributed by atoms with Gasteiger partial charge in [-0.1, -0.05) is 52.3 Å². The number of halogens is 3. The lowest BCUT2D eigenvalue weighted by Gasteiger charge is -2.49. The summed E-state index contributed by atoms with van der Waals surface area (Å²) in [7, 11) is 0. The number of carbonyl (C=O) groups is 2. The van der Waals surface area contributed by atoms with Crippen LogP contribution in [0, 0.1) is 0 Å². The number of rotatable bonds is 3. The highest BCUT2D eigenvalue weighted by Gasteiger charge is 2.75. The molecule has 12 heteroatoms. The average molecular weight is 606 g/mol. The van der Waals surface area contributed by atoms with Gasteiger partial charge in [-0.15, -0.1) is 23.2 Å². The van der Waals surface area contributed by atoms with Gasteiger partial charge in [0, 0.05) is 12.3 Å². The highest BCUT2D eigenvalue weighted by atomic mass is 79.9. The maximum atomic E-state index is 13.7. The van der Waals surface area contributed by atoms with E-state index >= 15 is 0 Å². The molecule has 1 saturated carbocycles. The maximum Gasteiger partial charge on any atom is 0.352 e. The van der Waals surface area contributed by atoms with Crippen molar-refractivity contribution in [3.63, 3.8) is 0 Å². The quantitative estimate of drug-likeness (QED) is 0.214. The van der Waals surface area contributed by atoms with Gasteiger partial charge in [0.1, 0.15) is 5.75 Å². The summed E-state index contributed by atoms with van der Waals surface area (Å²) in [5.74, 6) is -2.23. The molecule has 1 aromatic heterocycles. The second kappa shape index (κ2) is 8.21. The number of nitrogens with zero attached hydrogens (tertiary/aromatic N) is 4. The number of allylic oxidation sites excluding steroid dienone is 2. The first-order valence-corrected chi connectivity index (χ1v) is 13.3. The van der Waals surface area contributed by atoms with Gasteiger partial charge in [-0.25, -0.2) is 23.5 Å². The van der Waals surface area contributed by atoms with Crippen LogP contribution in [0.4, 0.5) is 0 Å². The van der Waals surface area contributed by atoms with Gasteiger partial charge in [0.15, 0.2) is 9.75 Å². The van der Waals surface area contributed by atoms with Crippen LogP contribution >= 0.6 is 39.1 Å². The van der Waals surface area contributed by atoms with Gasteiger partial charge in [-0.3, -0.25) is 14.5 Å². The van der Waals surface area contributed by atoms with Crippen LogP contribution in [0.5, 0.6) is 5.75 Å². The van der Waals surface area contributed by atoms with Gasteiger partial charge in [0.05, 0.1) is 23.7 Å². The molecule has 2 fully saturated rings. The van der Waals surface area contributed by atoms with Crippen molar-refractivity contribution in [2.45, 2.75) is 34.7 Å². The van der Waals surface area contributed by atoms with E-state index < -0.39 is 44.9 Å². The highest BCUT2D eigenvalue weighted by molar-refractivity contribution is 9.09. The van der Waals surface area contributed by atoms with Crippen LogP contribution in [-0.4, -0.2) is 51.0 Å². The van der Waals surface area contributed by atoms with Crippen molar-refractivity contribution >= 4 is 50.9 Å². The van der Waals surface area contributed by atoms with Gasteiger partial charge in [0.25, 0.3) is 11.8 Å². The van der Waals surface area contributed by atoms with Gasteiger partial charge in [0.2, 0.25) is 0 Å². The third-order valence-corrected chi connectivity index (χ3v) is 9.44. The first-order chi connectivity index (χ1) is 17.6. The van der Waals surface area contributed by atoms with E-state index in [1.807, 2.05) is 0 Å². The Labute approximate surface area is 228 Å². The van der Waals surface area contributed by atoms with E-state index in [0.717, 1.165) is 9.47 Å². The first kappa shape index (κ1) is 24.3. The summed E-state index contributed by atoms with van der Waals surface area (Å²) >= 11 is 17.4. The summed E-state index contributed by atoms with van der Waals surface area (Å²) in [6, 6.07) is 13.8. The molecular formula is C25H19BrCl2N4O5. The lowest BCUT2D eigenvalue weighted by molar-refractivity contribution is -0.138. The number of para-hydroxylation sites is 1. The molecule has 4 unspecified atom stereocenters. The number of alkyl halides is 3. The molecule has 2 amide bonds. The smallest absolute Gasteiger partial charge is 0.352 e. The van der Waals surface area contributed by atoms with Crippen LogP contribution in [0.1, 0.15) is 23.9 Å². The van der Waals surface area contributed by atoms with Crippen molar-refractivity contribution in [3.05, 3.63) is 92.8 Å². The molecule has 9 nitrogen and oxygen atoms in total. The van der Waals surface area contributed by atoms with Crippen molar-refractivity contribution in [2.75, 3.05) is 5.45 Å². The molecule has 0 radical (unpaired) electrons. The molecule has 3 heterocycles. The molecule has 4 atom stereocenters. The molecule has 6 rings (SSSR count). The zero-order chi connectivity index (χ0) is 26.3. The van der Waals surface area contributed by atoms with Crippen molar-refractivity contribution in [1.29, 1.82) is 0 Å². The van der Waals surface area contributed by atoms with Crippen LogP contribution in [-0.2, 0) is 16.1 Å². The molecule has 37 heavy (non-hydrogen) atoms. The maximum absolute atomic E-state index is 13.7. The standard InChI is InChI=1S/C25H19BrCl2N4O5/c26-13-29-20(34)24(27)12-18-17(19(25(24,28)21(29)35)14-6-8-16(33)9-7-14)10-11-30-22(36)31(23(37)32(18)30)15-4-2-1-3-5-15/h1-10,18-19,33H,11-13H2. The Morgan fingerprint density at radius 3 is 2.27 bits per heavy atom. The van der Waals surface area contributed by atoms with Crippen LogP contribution in [0.3, 0.4) is 0 Å². The van der Waals surface area contributed by atoms with Crippen LogP contribution in [0.2, 0.25) is 0 Å². The van der Waals surface area contributed by atoms with Crippen LogP contribution < -0.4 is 11.4 Å². The number of hydrogen-bond acceptors (Lipinski definition) is 5. The number of phenolic OH excluding ortho intramolecular Hbond substituents is 1. The Balaban J connectivity index is 1.61. The summed E-state index contributed by atoms with van der Waals surface area (Å²) in [6.07, 6.45) is 1.60. The van der Waals surface area contributed by atoms with Crippen molar-refractivity contribution in [2.24, 2.45) is 0 Å². The number of phenols is 1. The average Bonchev–Trinajstić information content (AvgIpc) is 3.23. The van der Waals surface area contributed by atoms with Crippen molar-refractivity contribution in [3.8, 4) is 11.4 Å². The number of likely N-dealkylation sites (tertiary alicyclic amines) is 1. The molecular weight excluding hydrogens is 587 g/mol. The topological polar surface area (TPSA) is 107 Å². The first-order valence-electron chi connectivity index (χ1n) is 11.4. The van der Waals surface area contributed by atoms with E-state index in [4.69, 9.17) is 23.2 Å². The largest absolute Gasteiger partial charge is 0.508 e. The SMILES string of the molecule is O=C1N(CBr)C(=O)C2(Cl)C(c3ccc(O)cc3)C3=CCn4c(=O)n(-c5ccccc5)c(=O)n4C3CC12Cl. The van der Waals surface area contributed by atoms with E-state index in [-0.39, 0.29) is 24.2 Å². The van der Waals surface area contributed by atoms with Gasteiger partial charge in [-0.2, -0.15) is 0 Å². The second-order valence-electron chi connectivity index (χ2n) is 9.28. The monoisotopic (exact) mass is 604 g/mol. The number of aromatic nitrogens is 3. The van der Waals surface area contributed by atoms with E-state index in [1.54, 1.807) is 48.5 Å². The van der Waals surface area contributed by atoms with Gasteiger partial charge >= 0.3 is 11.4 Å². The predicted molar refractivity (Wildman–Crippen MR) is 140 cm³/mol. The second-order valence-corrected chi connectivity index (χ2v) is 11.0. The minimum absolute atomic E-state index is 0.00963. The molecule has 2 aliphatic heterocycles. The molecule has 3 aromatic rings.